The number of nitrogens with zero attached hydrogens (tertiary/aromatic N) is 5. The first-order valence-corrected chi connectivity index (χ1v) is 14.9. The number of para-hydroxylation sites is 1. The summed E-state index contributed by atoms with van der Waals surface area (Å²) in [5.74, 6) is 2.65. The lowest BCUT2D eigenvalue weighted by Crippen LogP contribution is -1.99. The molecule has 8 nitrogen and oxygen atoms in total. The second-order valence-corrected chi connectivity index (χ2v) is 11.6. The van der Waals surface area contributed by atoms with Crippen molar-refractivity contribution in [3.63, 3.8) is 0 Å². The van der Waals surface area contributed by atoms with E-state index in [4.69, 9.17) is 9.72 Å². The first-order valence-electron chi connectivity index (χ1n) is 14.9. The third-order valence-corrected chi connectivity index (χ3v) is 8.23. The van der Waals surface area contributed by atoms with E-state index in [0.717, 1.165) is 55.6 Å². The van der Waals surface area contributed by atoms with E-state index in [0.29, 0.717) is 17.4 Å². The van der Waals surface area contributed by atoms with Gasteiger partial charge in [-0.15, -0.1) is 0 Å². The van der Waals surface area contributed by atoms with E-state index in [2.05, 4.69) is 72.0 Å². The molecule has 0 saturated heterocycles. The molecule has 3 aromatic heterocycles. The van der Waals surface area contributed by atoms with Crippen molar-refractivity contribution in [2.45, 2.75) is 33.6 Å². The van der Waals surface area contributed by atoms with E-state index in [1.165, 1.54) is 5.56 Å². The van der Waals surface area contributed by atoms with Gasteiger partial charge in [-0.1, -0.05) is 38.1 Å². The van der Waals surface area contributed by atoms with Gasteiger partial charge in [0.1, 0.15) is 17.3 Å². The van der Waals surface area contributed by atoms with E-state index < -0.39 is 0 Å². The molecule has 0 aliphatic heterocycles. The first kappa shape index (κ1) is 28.0. The smallest absolute Gasteiger partial charge is 0.269 e. The van der Waals surface area contributed by atoms with Crippen molar-refractivity contribution in [3.8, 4) is 34.1 Å². The minimum Gasteiger partial charge on any atom is -0.457 e. The predicted molar refractivity (Wildman–Crippen MR) is 178 cm³/mol. The highest BCUT2D eigenvalue weighted by Crippen LogP contribution is 2.36. The van der Waals surface area contributed by atoms with Crippen LogP contribution in [0.2, 0.25) is 0 Å². The molecule has 0 bridgehead atoms. The Bertz CT molecular complexity index is 2220. The zero-order valence-corrected chi connectivity index (χ0v) is 25.4. The molecule has 0 fully saturated rings. The van der Waals surface area contributed by atoms with Gasteiger partial charge < -0.3 is 4.74 Å². The molecule has 0 saturated carbocycles. The SMILES string of the molecule is Cc1cc([N+](=O)[O-])cc(C)c1-c1cnn(-c2cccc(Oc3ccc4c5ccccc5n(-c5cc(C(C)C)ccn5)c4c3)c2)c1. The van der Waals surface area contributed by atoms with Crippen molar-refractivity contribution in [2.75, 3.05) is 0 Å². The van der Waals surface area contributed by atoms with Crippen molar-refractivity contribution in [2.24, 2.45) is 0 Å². The van der Waals surface area contributed by atoms with Crippen molar-refractivity contribution in [3.05, 3.63) is 136 Å². The summed E-state index contributed by atoms with van der Waals surface area (Å²) in [5.41, 5.74) is 7.75. The lowest BCUT2D eigenvalue weighted by molar-refractivity contribution is -0.384. The number of pyridine rings is 1. The van der Waals surface area contributed by atoms with Gasteiger partial charge in [-0.25, -0.2) is 9.67 Å². The number of nitro benzene ring substituents is 1. The number of rotatable bonds is 7. The van der Waals surface area contributed by atoms with Crippen LogP contribution in [0.15, 0.2) is 110 Å². The van der Waals surface area contributed by atoms with Crippen LogP contribution >= 0.6 is 0 Å². The zero-order valence-electron chi connectivity index (χ0n) is 25.4. The molecule has 45 heavy (non-hydrogen) atoms. The van der Waals surface area contributed by atoms with Crippen molar-refractivity contribution < 1.29 is 9.66 Å². The van der Waals surface area contributed by atoms with Gasteiger partial charge in [0.15, 0.2) is 0 Å². The van der Waals surface area contributed by atoms with Crippen LogP contribution in [-0.2, 0) is 0 Å². The molecule has 0 unspecified atom stereocenters. The van der Waals surface area contributed by atoms with Crippen LogP contribution in [0.4, 0.5) is 5.69 Å². The van der Waals surface area contributed by atoms with E-state index in [-0.39, 0.29) is 10.6 Å². The van der Waals surface area contributed by atoms with Crippen LogP contribution in [-0.4, -0.2) is 24.3 Å². The quantitative estimate of drug-likeness (QED) is 0.136. The number of benzene rings is 4. The number of non-ortho nitro benzene ring substituents is 1. The summed E-state index contributed by atoms with van der Waals surface area (Å²) in [7, 11) is 0. The fourth-order valence-corrected chi connectivity index (χ4v) is 6.10. The Labute approximate surface area is 260 Å². The van der Waals surface area contributed by atoms with Gasteiger partial charge in [-0.05, 0) is 84.5 Å². The summed E-state index contributed by atoms with van der Waals surface area (Å²) in [5, 5.41) is 18.2. The minimum absolute atomic E-state index is 0.0879. The highest BCUT2D eigenvalue weighted by Gasteiger charge is 2.17. The van der Waals surface area contributed by atoms with Gasteiger partial charge >= 0.3 is 0 Å². The third kappa shape index (κ3) is 5.10. The summed E-state index contributed by atoms with van der Waals surface area (Å²) >= 11 is 0. The summed E-state index contributed by atoms with van der Waals surface area (Å²) in [6.07, 6.45) is 5.59. The largest absolute Gasteiger partial charge is 0.457 e. The van der Waals surface area contributed by atoms with E-state index in [1.807, 2.05) is 56.6 Å². The van der Waals surface area contributed by atoms with Gasteiger partial charge in [0.05, 0.1) is 27.8 Å². The number of ether oxygens (including phenoxy) is 1. The normalized spacial score (nSPS) is 11.5. The van der Waals surface area contributed by atoms with Gasteiger partial charge in [0.25, 0.3) is 5.69 Å². The Morgan fingerprint density at radius 3 is 2.36 bits per heavy atom. The minimum atomic E-state index is -0.364. The molecule has 0 atom stereocenters. The number of nitro groups is 1. The van der Waals surface area contributed by atoms with Crippen molar-refractivity contribution >= 4 is 27.5 Å². The molecule has 0 N–H and O–H groups in total. The summed E-state index contributed by atoms with van der Waals surface area (Å²) in [4.78, 5) is 15.7. The molecule has 7 rings (SSSR count). The fourth-order valence-electron chi connectivity index (χ4n) is 6.10. The zero-order chi connectivity index (χ0) is 31.2. The van der Waals surface area contributed by atoms with Gasteiger partial charge in [-0.2, -0.15) is 5.10 Å². The summed E-state index contributed by atoms with van der Waals surface area (Å²) < 4.78 is 10.4. The number of aromatic nitrogens is 4. The van der Waals surface area contributed by atoms with E-state index >= 15 is 0 Å². The van der Waals surface area contributed by atoms with Crippen molar-refractivity contribution in [1.82, 2.24) is 19.3 Å². The number of hydrogen-bond acceptors (Lipinski definition) is 5. The van der Waals surface area contributed by atoms with Crippen LogP contribution in [0.1, 0.15) is 36.5 Å². The average molecular weight is 594 g/mol. The van der Waals surface area contributed by atoms with E-state index in [9.17, 15) is 10.1 Å². The van der Waals surface area contributed by atoms with Gasteiger partial charge in [-0.3, -0.25) is 14.7 Å². The molecule has 4 aromatic carbocycles. The highest BCUT2D eigenvalue weighted by atomic mass is 16.6. The standard InChI is InChI=1S/C37H31N5O3/c1-23(2)26-14-15-38-36(18-26)41-34-11-6-5-10-32(34)33-13-12-31(20-35(33)41)45-30-9-7-8-28(19-30)40-22-27(21-39-40)37-24(3)16-29(42(43)44)17-25(37)4/h5-23H,1-4H3. The summed E-state index contributed by atoms with van der Waals surface area (Å²) in [6, 6.07) is 29.7. The first-order chi connectivity index (χ1) is 21.8. The van der Waals surface area contributed by atoms with Crippen LogP contribution in [0, 0.1) is 24.0 Å². The second kappa shape index (κ2) is 11.1. The molecule has 8 heteroatoms. The molecule has 0 aliphatic carbocycles. The molecule has 0 radical (unpaired) electrons. The van der Waals surface area contributed by atoms with Crippen LogP contribution in [0.3, 0.4) is 0 Å². The number of hydrogen-bond donors (Lipinski definition) is 0. The molecular formula is C37H31N5O3. The average Bonchev–Trinajstić information content (AvgIpc) is 3.64. The second-order valence-electron chi connectivity index (χ2n) is 11.6. The van der Waals surface area contributed by atoms with Gasteiger partial charge in [0.2, 0.25) is 0 Å². The number of fused-ring (bicyclic) bond motifs is 3. The Morgan fingerprint density at radius 2 is 1.58 bits per heavy atom. The van der Waals surface area contributed by atoms with Crippen LogP contribution in [0.25, 0.3) is 44.4 Å². The topological polar surface area (TPSA) is 88.0 Å². The van der Waals surface area contributed by atoms with Gasteiger partial charge in [0, 0.05) is 53.0 Å². The molecule has 3 heterocycles. The lowest BCUT2D eigenvalue weighted by atomic mass is 9.97. The maximum atomic E-state index is 11.3. The Kier molecular flexibility index (Phi) is 6.89. The highest BCUT2D eigenvalue weighted by molar-refractivity contribution is 6.09. The maximum Gasteiger partial charge on any atom is 0.269 e. The molecule has 0 spiro atoms. The molecule has 0 amide bonds. The van der Waals surface area contributed by atoms with Crippen LogP contribution < -0.4 is 4.74 Å². The Hall–Kier alpha value is -5.76. The maximum absolute atomic E-state index is 11.3. The van der Waals surface area contributed by atoms with E-state index in [1.54, 1.807) is 23.0 Å². The molecule has 7 aromatic rings. The predicted octanol–water partition coefficient (Wildman–Crippen LogP) is 9.47. The molecular weight excluding hydrogens is 562 g/mol. The van der Waals surface area contributed by atoms with Crippen molar-refractivity contribution in [1.29, 1.82) is 0 Å². The summed E-state index contributed by atoms with van der Waals surface area (Å²) in [6.45, 7) is 8.14. The third-order valence-electron chi connectivity index (χ3n) is 8.23. The van der Waals surface area contributed by atoms with Crippen LogP contribution in [0.5, 0.6) is 11.5 Å². The fraction of sp³-hybridized carbons (Fsp3) is 0.135. The lowest BCUT2D eigenvalue weighted by Gasteiger charge is -2.12. The molecule has 222 valence electrons. The number of aryl methyl sites for hydroxylation is 2. The monoisotopic (exact) mass is 593 g/mol. The molecule has 0 aliphatic rings. The Morgan fingerprint density at radius 1 is 0.822 bits per heavy atom. The Balaban J connectivity index is 1.24.